The standard InChI is InChI=1S/C22H14F20N2O7/c1-3-7(2)9-4-8(43(46)47)5-10(44(48)49)11(9)51-13(45)50-6-14(25,26)16(29,30)18(33,34)20(37,38)22(41,42)21(39,40)19(35,36)17(31,32)15(27,28)12(23)24/h4-5,7,12H,3,6H2,1-2H3. The van der Waals surface area contributed by atoms with E-state index >= 15 is 0 Å². The van der Waals surface area contributed by atoms with Crippen molar-refractivity contribution in [1.29, 1.82) is 0 Å². The highest BCUT2D eigenvalue weighted by atomic mass is 19.4. The van der Waals surface area contributed by atoms with Gasteiger partial charge in [-0.25, -0.2) is 13.6 Å². The number of hydrogen-bond donors (Lipinski definition) is 0. The van der Waals surface area contributed by atoms with E-state index in [2.05, 4.69) is 9.47 Å². The third kappa shape index (κ3) is 6.82. The van der Waals surface area contributed by atoms with Gasteiger partial charge in [-0.1, -0.05) is 13.8 Å². The van der Waals surface area contributed by atoms with Crippen LogP contribution in [0.4, 0.5) is 104 Å². The number of hydrogen-bond acceptors (Lipinski definition) is 7. The molecule has 0 aliphatic carbocycles. The minimum atomic E-state index is -9.24. The lowest BCUT2D eigenvalue weighted by molar-refractivity contribution is -0.465. The summed E-state index contributed by atoms with van der Waals surface area (Å²) in [5.74, 6) is -80.1. The van der Waals surface area contributed by atoms with Crippen molar-refractivity contribution in [2.45, 2.75) is 85.9 Å². The minimum absolute atomic E-state index is 0.0594. The fourth-order valence-electron chi connectivity index (χ4n) is 3.47. The topological polar surface area (TPSA) is 122 Å². The number of nitro groups is 2. The van der Waals surface area contributed by atoms with Crippen LogP contribution in [0, 0.1) is 20.2 Å². The Labute approximate surface area is 266 Å². The van der Waals surface area contributed by atoms with E-state index in [1.807, 2.05) is 0 Å². The first-order valence-corrected chi connectivity index (χ1v) is 12.4. The van der Waals surface area contributed by atoms with Crippen LogP contribution in [0.1, 0.15) is 31.7 Å². The number of rotatable bonds is 16. The van der Waals surface area contributed by atoms with E-state index in [0.29, 0.717) is 6.07 Å². The van der Waals surface area contributed by atoms with Crippen molar-refractivity contribution in [1.82, 2.24) is 0 Å². The molecule has 29 heteroatoms. The number of carbonyl (C=O) groups is 1. The van der Waals surface area contributed by atoms with E-state index in [1.165, 1.54) is 6.92 Å². The molecule has 1 aromatic carbocycles. The zero-order valence-electron chi connectivity index (χ0n) is 24.0. The molecule has 0 saturated heterocycles. The minimum Gasteiger partial charge on any atom is -0.427 e. The number of alkyl halides is 20. The van der Waals surface area contributed by atoms with Crippen molar-refractivity contribution < 1.29 is 112 Å². The lowest BCUT2D eigenvalue weighted by Crippen LogP contribution is -2.76. The van der Waals surface area contributed by atoms with Crippen molar-refractivity contribution in [3.63, 3.8) is 0 Å². The van der Waals surface area contributed by atoms with Gasteiger partial charge in [-0.05, 0) is 12.3 Å². The van der Waals surface area contributed by atoms with Crippen LogP contribution < -0.4 is 4.74 Å². The molecular weight excluding hydrogens is 784 g/mol. The van der Waals surface area contributed by atoms with Crippen LogP contribution in [0.25, 0.3) is 0 Å². The van der Waals surface area contributed by atoms with E-state index in [4.69, 9.17) is 0 Å². The molecule has 0 amide bonds. The Hall–Kier alpha value is -4.11. The smallest absolute Gasteiger partial charge is 0.427 e. The van der Waals surface area contributed by atoms with Crippen LogP contribution >= 0.6 is 0 Å². The number of benzene rings is 1. The third-order valence-electron chi connectivity index (χ3n) is 6.71. The summed E-state index contributed by atoms with van der Waals surface area (Å²) in [5, 5.41) is 22.4. The number of ether oxygens (including phenoxy) is 2. The van der Waals surface area contributed by atoms with Gasteiger partial charge in [-0.2, -0.15) is 79.0 Å². The van der Waals surface area contributed by atoms with Crippen molar-refractivity contribution in [2.24, 2.45) is 0 Å². The van der Waals surface area contributed by atoms with Gasteiger partial charge in [0.2, 0.25) is 5.75 Å². The number of halogens is 20. The Morgan fingerprint density at radius 1 is 0.686 bits per heavy atom. The predicted octanol–water partition coefficient (Wildman–Crippen LogP) is 9.51. The second kappa shape index (κ2) is 13.5. The summed E-state index contributed by atoms with van der Waals surface area (Å²) in [6.45, 7) is -1.37. The first kappa shape index (κ1) is 44.9. The molecule has 0 saturated carbocycles. The summed E-state index contributed by atoms with van der Waals surface area (Å²) in [7, 11) is 0. The first-order valence-electron chi connectivity index (χ1n) is 12.4. The van der Waals surface area contributed by atoms with Crippen LogP contribution in [0.5, 0.6) is 5.75 Å². The fraction of sp³-hybridized carbons (Fsp3) is 0.682. The quantitative estimate of drug-likeness (QED) is 0.0537. The summed E-state index contributed by atoms with van der Waals surface area (Å²) in [6, 6.07) is 0.531. The molecule has 0 spiro atoms. The molecule has 1 atom stereocenters. The van der Waals surface area contributed by atoms with Gasteiger partial charge in [0.15, 0.2) is 6.61 Å². The Morgan fingerprint density at radius 2 is 1.08 bits per heavy atom. The molecule has 294 valence electrons. The maximum Gasteiger partial charge on any atom is 0.514 e. The van der Waals surface area contributed by atoms with E-state index < -0.39 is 111 Å². The first-order chi connectivity index (χ1) is 22.4. The zero-order valence-corrected chi connectivity index (χ0v) is 24.0. The molecule has 0 N–H and O–H groups in total. The van der Waals surface area contributed by atoms with Gasteiger partial charge >= 0.3 is 71.6 Å². The Balaban J connectivity index is 3.61. The van der Waals surface area contributed by atoms with Gasteiger partial charge in [-0.3, -0.25) is 20.2 Å². The molecule has 0 aliphatic heterocycles. The SMILES string of the molecule is CCC(C)c1cc([N+](=O)[O-])cc([N+](=O)[O-])c1OC(=O)OCC(F)(F)C(F)(F)C(F)(F)C(F)(F)C(F)(F)C(F)(F)C(F)(F)C(F)(F)C(F)(F)C(F)F. The van der Waals surface area contributed by atoms with Gasteiger partial charge in [-0.15, -0.1) is 0 Å². The van der Waals surface area contributed by atoms with E-state index in [0.717, 1.165) is 6.92 Å². The lowest BCUT2D eigenvalue weighted by Gasteiger charge is -2.44. The van der Waals surface area contributed by atoms with Crippen molar-refractivity contribution in [2.75, 3.05) is 6.61 Å². The fourth-order valence-corrected chi connectivity index (χ4v) is 3.47. The summed E-state index contributed by atoms with van der Waals surface area (Å²) in [4.78, 5) is 31.5. The molecule has 0 aromatic heterocycles. The summed E-state index contributed by atoms with van der Waals surface area (Å²) in [6.07, 6.45) is -9.24. The van der Waals surface area contributed by atoms with Crippen molar-refractivity contribution >= 4 is 17.5 Å². The van der Waals surface area contributed by atoms with Gasteiger partial charge in [0.05, 0.1) is 15.9 Å². The highest BCUT2D eigenvalue weighted by molar-refractivity contribution is 5.70. The molecule has 1 unspecified atom stereocenters. The van der Waals surface area contributed by atoms with Gasteiger partial charge < -0.3 is 9.47 Å². The Kier molecular flexibility index (Phi) is 11.9. The summed E-state index contributed by atoms with van der Waals surface area (Å²) < 4.78 is 279. The zero-order chi connectivity index (χ0) is 40.9. The van der Waals surface area contributed by atoms with Gasteiger partial charge in [0.1, 0.15) is 0 Å². The monoisotopic (exact) mass is 798 g/mol. The summed E-state index contributed by atoms with van der Waals surface area (Å²) in [5.41, 5.74) is -3.34. The Morgan fingerprint density at radius 3 is 1.43 bits per heavy atom. The van der Waals surface area contributed by atoms with Crippen LogP contribution in [0.15, 0.2) is 12.1 Å². The van der Waals surface area contributed by atoms with Crippen molar-refractivity contribution in [3.8, 4) is 5.75 Å². The third-order valence-corrected chi connectivity index (χ3v) is 6.71. The average Bonchev–Trinajstić information content (AvgIpc) is 2.98. The van der Waals surface area contributed by atoms with E-state index in [-0.39, 0.29) is 12.5 Å². The van der Waals surface area contributed by atoms with Gasteiger partial charge in [0.25, 0.3) is 5.69 Å². The number of nitro benzene ring substituents is 2. The second-order valence-corrected chi connectivity index (χ2v) is 10.00. The summed E-state index contributed by atoms with van der Waals surface area (Å²) >= 11 is 0. The van der Waals surface area contributed by atoms with Crippen LogP contribution in [-0.4, -0.2) is 82.3 Å². The lowest BCUT2D eigenvalue weighted by atomic mass is 9.86. The highest BCUT2D eigenvalue weighted by Gasteiger charge is 2.96. The number of non-ortho nitro benzene ring substituents is 1. The molecular formula is C22H14F20N2O7. The van der Waals surface area contributed by atoms with E-state index in [1.54, 1.807) is 0 Å². The molecule has 0 bridgehead atoms. The number of carbonyl (C=O) groups excluding carboxylic acids is 1. The van der Waals surface area contributed by atoms with Crippen LogP contribution in [-0.2, 0) is 4.74 Å². The predicted molar refractivity (Wildman–Crippen MR) is 121 cm³/mol. The molecule has 0 radical (unpaired) electrons. The maximum atomic E-state index is 14.1. The molecule has 1 rings (SSSR count). The molecule has 9 nitrogen and oxygen atoms in total. The van der Waals surface area contributed by atoms with Gasteiger partial charge in [0, 0.05) is 11.6 Å². The molecule has 1 aromatic rings. The Bertz CT molecular complexity index is 1500. The molecule has 51 heavy (non-hydrogen) atoms. The normalized spacial score (nSPS) is 15.1. The van der Waals surface area contributed by atoms with Crippen molar-refractivity contribution in [3.05, 3.63) is 37.9 Å². The molecule has 0 heterocycles. The molecule has 0 fully saturated rings. The second-order valence-electron chi connectivity index (χ2n) is 10.00. The number of nitrogens with zero attached hydrogens (tertiary/aromatic N) is 2. The maximum absolute atomic E-state index is 14.1. The highest BCUT2D eigenvalue weighted by Crippen LogP contribution is 2.65. The molecule has 0 aliphatic rings. The van der Waals surface area contributed by atoms with Crippen LogP contribution in [0.2, 0.25) is 0 Å². The van der Waals surface area contributed by atoms with E-state index in [9.17, 15) is 113 Å². The largest absolute Gasteiger partial charge is 0.514 e. The van der Waals surface area contributed by atoms with Crippen LogP contribution in [0.3, 0.4) is 0 Å². The average molecular weight is 798 g/mol.